The Labute approximate surface area is 100 Å². The number of hydrogen-bond acceptors (Lipinski definition) is 1. The minimum atomic E-state index is 1.03. The molecule has 3 rings (SSSR count). The van der Waals surface area contributed by atoms with E-state index in [1.54, 1.807) is 0 Å². The minimum absolute atomic E-state index is 1.03. The van der Waals surface area contributed by atoms with Gasteiger partial charge in [0.2, 0.25) is 0 Å². The monoisotopic (exact) mass is 224 g/mol. The standard InChI is InChI=1S/C15H12S/c1-3-10-14-12(6-1)8-5-9-13-7-2-4-11-15(13)16-14/h1-8,10-11H,9H2/b8-5+. The molecular weight excluding hydrogens is 212 g/mol. The van der Waals surface area contributed by atoms with E-state index in [4.69, 9.17) is 0 Å². The van der Waals surface area contributed by atoms with Crippen molar-refractivity contribution in [3.05, 3.63) is 65.7 Å². The normalized spacial score (nSPS) is 15.5. The van der Waals surface area contributed by atoms with Gasteiger partial charge in [0.1, 0.15) is 0 Å². The summed E-state index contributed by atoms with van der Waals surface area (Å²) in [7, 11) is 0. The minimum Gasteiger partial charge on any atom is -0.0892 e. The molecule has 0 aliphatic carbocycles. The van der Waals surface area contributed by atoms with Crippen LogP contribution in [0.5, 0.6) is 0 Å². The van der Waals surface area contributed by atoms with E-state index in [0.717, 1.165) is 6.42 Å². The van der Waals surface area contributed by atoms with Crippen molar-refractivity contribution >= 4 is 17.8 Å². The first-order valence-electron chi connectivity index (χ1n) is 5.45. The zero-order valence-corrected chi connectivity index (χ0v) is 9.71. The van der Waals surface area contributed by atoms with Crippen molar-refractivity contribution in [3.8, 4) is 0 Å². The molecule has 16 heavy (non-hydrogen) atoms. The lowest BCUT2D eigenvalue weighted by molar-refractivity contribution is 1.17. The van der Waals surface area contributed by atoms with Gasteiger partial charge < -0.3 is 0 Å². The molecule has 1 aliphatic heterocycles. The van der Waals surface area contributed by atoms with Crippen LogP contribution in [0.2, 0.25) is 0 Å². The Morgan fingerprint density at radius 1 is 0.812 bits per heavy atom. The second kappa shape index (κ2) is 4.18. The van der Waals surface area contributed by atoms with Gasteiger partial charge in [-0.2, -0.15) is 0 Å². The SMILES string of the molecule is C1=C/c2ccccc2Sc2ccccc2C/1. The summed E-state index contributed by atoms with van der Waals surface area (Å²) in [6.07, 6.45) is 5.49. The maximum Gasteiger partial charge on any atom is 0.0194 e. The van der Waals surface area contributed by atoms with Crippen LogP contribution in [-0.2, 0) is 6.42 Å². The highest BCUT2D eigenvalue weighted by atomic mass is 32.2. The van der Waals surface area contributed by atoms with E-state index in [1.165, 1.54) is 20.9 Å². The lowest BCUT2D eigenvalue weighted by atomic mass is 10.1. The first-order valence-corrected chi connectivity index (χ1v) is 6.26. The fraction of sp³-hybridized carbons (Fsp3) is 0.0667. The molecular formula is C15H12S. The van der Waals surface area contributed by atoms with Crippen molar-refractivity contribution in [2.24, 2.45) is 0 Å². The van der Waals surface area contributed by atoms with Crippen LogP contribution in [0, 0.1) is 0 Å². The van der Waals surface area contributed by atoms with Gasteiger partial charge in [0, 0.05) is 9.79 Å². The van der Waals surface area contributed by atoms with Crippen LogP contribution >= 0.6 is 11.8 Å². The lowest BCUT2D eigenvalue weighted by Crippen LogP contribution is -1.89. The summed E-state index contributed by atoms with van der Waals surface area (Å²) in [6.45, 7) is 0. The van der Waals surface area contributed by atoms with Crippen LogP contribution in [0.25, 0.3) is 6.08 Å². The van der Waals surface area contributed by atoms with E-state index in [9.17, 15) is 0 Å². The van der Waals surface area contributed by atoms with Gasteiger partial charge in [0.25, 0.3) is 0 Å². The average Bonchev–Trinajstić information content (AvgIpc) is 2.29. The highest BCUT2D eigenvalue weighted by Gasteiger charge is 2.07. The Kier molecular flexibility index (Phi) is 2.55. The van der Waals surface area contributed by atoms with Gasteiger partial charge in [0.15, 0.2) is 0 Å². The quantitative estimate of drug-likeness (QED) is 0.639. The smallest absolute Gasteiger partial charge is 0.0194 e. The number of benzene rings is 2. The number of fused-ring (bicyclic) bond motifs is 2. The van der Waals surface area contributed by atoms with E-state index in [1.807, 2.05) is 11.8 Å². The molecule has 0 radical (unpaired) electrons. The van der Waals surface area contributed by atoms with Gasteiger partial charge in [-0.1, -0.05) is 60.3 Å². The molecule has 1 heteroatoms. The van der Waals surface area contributed by atoms with E-state index < -0.39 is 0 Å². The van der Waals surface area contributed by atoms with E-state index in [2.05, 4.69) is 60.7 Å². The summed E-state index contributed by atoms with van der Waals surface area (Å²) in [4.78, 5) is 2.71. The molecule has 0 saturated heterocycles. The Bertz CT molecular complexity index is 541. The number of hydrogen-bond donors (Lipinski definition) is 0. The van der Waals surface area contributed by atoms with Gasteiger partial charge in [-0.05, 0) is 29.7 Å². The van der Waals surface area contributed by atoms with E-state index in [-0.39, 0.29) is 0 Å². The maximum absolute atomic E-state index is 2.25. The molecule has 0 nitrogen and oxygen atoms in total. The van der Waals surface area contributed by atoms with E-state index in [0.29, 0.717) is 0 Å². The summed E-state index contributed by atoms with van der Waals surface area (Å²) in [5.74, 6) is 0. The fourth-order valence-electron chi connectivity index (χ4n) is 1.91. The van der Waals surface area contributed by atoms with Crippen molar-refractivity contribution in [2.45, 2.75) is 16.2 Å². The summed E-state index contributed by atoms with van der Waals surface area (Å²) in [5, 5.41) is 0. The molecule has 0 spiro atoms. The molecule has 2 aromatic rings. The van der Waals surface area contributed by atoms with Crippen LogP contribution < -0.4 is 0 Å². The van der Waals surface area contributed by atoms with Gasteiger partial charge in [-0.15, -0.1) is 0 Å². The molecule has 0 amide bonds. The molecule has 1 heterocycles. The third kappa shape index (κ3) is 1.79. The van der Waals surface area contributed by atoms with Crippen molar-refractivity contribution in [1.29, 1.82) is 0 Å². The van der Waals surface area contributed by atoms with Crippen molar-refractivity contribution in [3.63, 3.8) is 0 Å². The van der Waals surface area contributed by atoms with Crippen LogP contribution in [0.1, 0.15) is 11.1 Å². The molecule has 0 aromatic heterocycles. The third-order valence-corrected chi connectivity index (χ3v) is 3.96. The van der Waals surface area contributed by atoms with Crippen LogP contribution in [0.15, 0.2) is 64.4 Å². The predicted octanol–water partition coefficient (Wildman–Crippen LogP) is 4.41. The first kappa shape index (κ1) is 9.73. The number of allylic oxidation sites excluding steroid dienone is 1. The predicted molar refractivity (Wildman–Crippen MR) is 69.7 cm³/mol. The van der Waals surface area contributed by atoms with Crippen LogP contribution in [0.3, 0.4) is 0 Å². The molecule has 2 aromatic carbocycles. The zero-order chi connectivity index (χ0) is 10.8. The largest absolute Gasteiger partial charge is 0.0892 e. The van der Waals surface area contributed by atoms with Gasteiger partial charge in [0.05, 0.1) is 0 Å². The highest BCUT2D eigenvalue weighted by molar-refractivity contribution is 7.99. The van der Waals surface area contributed by atoms with Gasteiger partial charge in [-0.25, -0.2) is 0 Å². The molecule has 0 N–H and O–H groups in total. The van der Waals surface area contributed by atoms with Crippen LogP contribution in [0.4, 0.5) is 0 Å². The number of rotatable bonds is 0. The second-order valence-corrected chi connectivity index (χ2v) is 4.94. The molecule has 0 saturated carbocycles. The molecule has 0 unspecified atom stereocenters. The van der Waals surface area contributed by atoms with Crippen LogP contribution in [-0.4, -0.2) is 0 Å². The van der Waals surface area contributed by atoms with Crippen molar-refractivity contribution in [2.75, 3.05) is 0 Å². The summed E-state index contributed by atoms with van der Waals surface area (Å²) < 4.78 is 0. The topological polar surface area (TPSA) is 0 Å². The van der Waals surface area contributed by atoms with Gasteiger partial charge in [-0.3, -0.25) is 0 Å². The second-order valence-electron chi connectivity index (χ2n) is 3.85. The Morgan fingerprint density at radius 3 is 2.50 bits per heavy atom. The summed E-state index contributed by atoms with van der Waals surface area (Å²) >= 11 is 1.87. The lowest BCUT2D eigenvalue weighted by Gasteiger charge is -2.12. The molecule has 0 fully saturated rings. The van der Waals surface area contributed by atoms with E-state index >= 15 is 0 Å². The molecule has 0 atom stereocenters. The zero-order valence-electron chi connectivity index (χ0n) is 8.89. The summed E-state index contributed by atoms with van der Waals surface area (Å²) in [5.41, 5.74) is 2.74. The average molecular weight is 224 g/mol. The highest BCUT2D eigenvalue weighted by Crippen LogP contribution is 2.35. The summed E-state index contributed by atoms with van der Waals surface area (Å²) in [6, 6.07) is 17.2. The van der Waals surface area contributed by atoms with Crippen molar-refractivity contribution < 1.29 is 0 Å². The molecule has 78 valence electrons. The molecule has 1 aliphatic rings. The Hall–Kier alpha value is -1.47. The Morgan fingerprint density at radius 2 is 1.56 bits per heavy atom. The Balaban J connectivity index is 2.13. The van der Waals surface area contributed by atoms with Gasteiger partial charge >= 0.3 is 0 Å². The first-order chi connectivity index (χ1) is 7.93. The van der Waals surface area contributed by atoms with Crippen molar-refractivity contribution in [1.82, 2.24) is 0 Å². The molecule has 0 bridgehead atoms. The fourth-order valence-corrected chi connectivity index (χ4v) is 2.98. The third-order valence-electron chi connectivity index (χ3n) is 2.75. The maximum atomic E-state index is 2.25.